The van der Waals surface area contributed by atoms with Gasteiger partial charge in [-0.1, -0.05) is 31.9 Å². The summed E-state index contributed by atoms with van der Waals surface area (Å²) in [6.45, 7) is 7.38. The van der Waals surface area contributed by atoms with Crippen molar-refractivity contribution in [2.24, 2.45) is 0 Å². The molecule has 32 heavy (non-hydrogen) atoms. The molecule has 0 saturated heterocycles. The number of carbonyl (C=O) groups excluding carboxylic acids is 2. The summed E-state index contributed by atoms with van der Waals surface area (Å²) in [4.78, 5) is 34.5. The molecule has 0 saturated carbocycles. The number of nitrogens with one attached hydrogen (secondary N) is 1. The minimum atomic E-state index is -0.896. The van der Waals surface area contributed by atoms with E-state index in [1.807, 2.05) is 20.8 Å². The third-order valence-electron chi connectivity index (χ3n) is 3.95. The molecule has 0 aliphatic rings. The van der Waals surface area contributed by atoms with Crippen molar-refractivity contribution in [2.45, 2.75) is 45.4 Å². The molecule has 9 heteroatoms. The summed E-state index contributed by atoms with van der Waals surface area (Å²) < 4.78 is 12.3. The van der Waals surface area contributed by atoms with Gasteiger partial charge in [-0.05, 0) is 76.2 Å². The Morgan fingerprint density at radius 1 is 0.906 bits per heavy atom. The predicted octanol–water partition coefficient (Wildman–Crippen LogP) is 5.07. The van der Waals surface area contributed by atoms with Crippen molar-refractivity contribution in [3.8, 4) is 0 Å². The maximum atomic E-state index is 12.3. The van der Waals surface area contributed by atoms with Gasteiger partial charge in [0.2, 0.25) is 0 Å². The number of hydrogen-bond donors (Lipinski definition) is 2. The first-order valence-electron chi connectivity index (χ1n) is 9.65. The van der Waals surface area contributed by atoms with Crippen molar-refractivity contribution < 1.29 is 29.0 Å². The van der Waals surface area contributed by atoms with Crippen molar-refractivity contribution in [1.29, 1.82) is 0 Å². The Labute approximate surface area is 204 Å². The molecule has 0 heterocycles. The van der Waals surface area contributed by atoms with E-state index in [9.17, 15) is 14.4 Å². The van der Waals surface area contributed by atoms with Gasteiger partial charge in [-0.15, -0.1) is 0 Å². The molecule has 2 aromatic carbocycles. The fraction of sp³-hybridized carbons (Fsp3) is 0.348. The zero-order chi connectivity index (χ0) is 24.5. The number of esters is 1. The molecule has 2 aromatic rings. The molecule has 2 atom stereocenters. The van der Waals surface area contributed by atoms with E-state index in [1.54, 1.807) is 55.5 Å². The Bertz CT molecular complexity index is 908. The molecular formula is C23H27Br2NO6. The quantitative estimate of drug-likeness (QED) is 0.468. The zero-order valence-electron chi connectivity index (χ0n) is 18.5. The second-order valence-corrected chi connectivity index (χ2v) is 9.56. The lowest BCUT2D eigenvalue weighted by molar-refractivity contribution is -0.150. The molecule has 0 aliphatic carbocycles. The van der Waals surface area contributed by atoms with Gasteiger partial charge in [0.1, 0.15) is 0 Å². The Balaban J connectivity index is 0.000000425. The number of aromatic carboxylic acids is 1. The molecule has 2 N–H and O–H groups in total. The highest BCUT2D eigenvalue weighted by atomic mass is 79.9. The predicted molar refractivity (Wildman–Crippen MR) is 129 cm³/mol. The number of benzene rings is 2. The Morgan fingerprint density at radius 3 is 1.72 bits per heavy atom. The van der Waals surface area contributed by atoms with Crippen LogP contribution in [-0.4, -0.2) is 47.8 Å². The number of ether oxygens (including phenoxy) is 2. The summed E-state index contributed by atoms with van der Waals surface area (Å²) >= 11 is 6.51. The van der Waals surface area contributed by atoms with Gasteiger partial charge in [0, 0.05) is 14.5 Å². The van der Waals surface area contributed by atoms with Crippen molar-refractivity contribution in [1.82, 2.24) is 5.32 Å². The maximum absolute atomic E-state index is 12.3. The number of rotatable bonds is 6. The van der Waals surface area contributed by atoms with Crippen molar-refractivity contribution in [3.05, 3.63) is 68.6 Å². The molecule has 0 fully saturated rings. The molecule has 174 valence electrons. The van der Waals surface area contributed by atoms with Crippen molar-refractivity contribution in [2.75, 3.05) is 7.11 Å². The van der Waals surface area contributed by atoms with Crippen LogP contribution in [0.5, 0.6) is 0 Å². The summed E-state index contributed by atoms with van der Waals surface area (Å²) in [5, 5.41) is 11.1. The SMILES string of the molecule is COC(=O)C(NC(=O)c1ccc(Br)cc1)C(C)OC(C)(C)C.O=C(O)c1ccc(Br)cc1. The molecule has 2 unspecified atom stereocenters. The number of carboxylic acids is 1. The topological polar surface area (TPSA) is 102 Å². The average molecular weight is 573 g/mol. The van der Waals surface area contributed by atoms with E-state index in [-0.39, 0.29) is 5.91 Å². The first-order chi connectivity index (χ1) is 14.8. The Kier molecular flexibility index (Phi) is 11.0. The summed E-state index contributed by atoms with van der Waals surface area (Å²) in [6, 6.07) is 12.5. The average Bonchev–Trinajstić information content (AvgIpc) is 2.71. The minimum absolute atomic E-state index is 0.309. The van der Waals surface area contributed by atoms with E-state index < -0.39 is 29.7 Å². The van der Waals surface area contributed by atoms with Crippen molar-refractivity contribution in [3.63, 3.8) is 0 Å². The first-order valence-corrected chi connectivity index (χ1v) is 11.2. The molecule has 0 aliphatic heterocycles. The van der Waals surface area contributed by atoms with E-state index in [0.717, 1.165) is 8.95 Å². The fourth-order valence-corrected chi connectivity index (χ4v) is 3.07. The van der Waals surface area contributed by atoms with Gasteiger partial charge < -0.3 is 19.9 Å². The van der Waals surface area contributed by atoms with Gasteiger partial charge in [-0.2, -0.15) is 0 Å². The molecule has 0 radical (unpaired) electrons. The highest BCUT2D eigenvalue weighted by Crippen LogP contribution is 2.15. The van der Waals surface area contributed by atoms with Gasteiger partial charge in [-0.3, -0.25) is 4.79 Å². The van der Waals surface area contributed by atoms with Crippen LogP contribution in [0.15, 0.2) is 57.5 Å². The fourth-order valence-electron chi connectivity index (χ4n) is 2.54. The van der Waals surface area contributed by atoms with Gasteiger partial charge >= 0.3 is 11.9 Å². The monoisotopic (exact) mass is 571 g/mol. The molecule has 2 rings (SSSR count). The van der Waals surface area contributed by atoms with Crippen LogP contribution in [0.2, 0.25) is 0 Å². The number of carboxylic acid groups (broad SMARTS) is 1. The molecular weight excluding hydrogens is 546 g/mol. The third kappa shape index (κ3) is 9.93. The molecule has 7 nitrogen and oxygen atoms in total. The number of methoxy groups -OCH3 is 1. The van der Waals surface area contributed by atoms with Gasteiger partial charge in [-0.25, -0.2) is 9.59 Å². The van der Waals surface area contributed by atoms with Crippen LogP contribution in [0, 0.1) is 0 Å². The number of halogens is 2. The molecule has 0 aromatic heterocycles. The van der Waals surface area contributed by atoms with Crippen LogP contribution >= 0.6 is 31.9 Å². The lowest BCUT2D eigenvalue weighted by Gasteiger charge is -2.30. The van der Waals surface area contributed by atoms with Crippen molar-refractivity contribution >= 4 is 49.7 Å². The summed E-state index contributed by atoms with van der Waals surface area (Å²) in [6.07, 6.45) is -0.521. The smallest absolute Gasteiger partial charge is 0.335 e. The summed E-state index contributed by atoms with van der Waals surface area (Å²) in [5.74, 6) is -1.79. The van der Waals surface area contributed by atoms with E-state index in [4.69, 9.17) is 14.6 Å². The first kappa shape index (κ1) is 27.8. The van der Waals surface area contributed by atoms with Gasteiger partial charge in [0.05, 0.1) is 24.4 Å². The van der Waals surface area contributed by atoms with E-state index in [0.29, 0.717) is 11.1 Å². The highest BCUT2D eigenvalue weighted by molar-refractivity contribution is 9.10. The normalized spacial score (nSPS) is 12.6. The van der Waals surface area contributed by atoms with Crippen LogP contribution in [0.1, 0.15) is 48.4 Å². The number of amides is 1. The van der Waals surface area contributed by atoms with Crippen LogP contribution in [-0.2, 0) is 14.3 Å². The lowest BCUT2D eigenvalue weighted by atomic mass is 10.1. The van der Waals surface area contributed by atoms with E-state index in [2.05, 4.69) is 37.2 Å². The number of hydrogen-bond acceptors (Lipinski definition) is 5. The number of carbonyl (C=O) groups is 3. The lowest BCUT2D eigenvalue weighted by Crippen LogP contribution is -2.50. The second kappa shape index (κ2) is 12.7. The largest absolute Gasteiger partial charge is 0.478 e. The van der Waals surface area contributed by atoms with Gasteiger partial charge in [0.25, 0.3) is 5.91 Å². The van der Waals surface area contributed by atoms with E-state index in [1.165, 1.54) is 7.11 Å². The Morgan fingerprint density at radius 2 is 1.34 bits per heavy atom. The van der Waals surface area contributed by atoms with Crippen LogP contribution in [0.3, 0.4) is 0 Å². The maximum Gasteiger partial charge on any atom is 0.335 e. The Hall–Kier alpha value is -2.23. The molecule has 1 amide bonds. The van der Waals surface area contributed by atoms with Gasteiger partial charge in [0.15, 0.2) is 6.04 Å². The summed E-state index contributed by atoms with van der Waals surface area (Å²) in [7, 11) is 1.28. The van der Waals surface area contributed by atoms with Crippen LogP contribution in [0.25, 0.3) is 0 Å². The van der Waals surface area contributed by atoms with Crippen LogP contribution in [0.4, 0.5) is 0 Å². The standard InChI is InChI=1S/C16H22BrNO4.C7H5BrO2/c1-10(22-16(2,3)4)13(15(20)21-5)18-14(19)11-6-8-12(17)9-7-11;8-6-3-1-5(2-4-6)7(9)10/h6-10,13H,1-5H3,(H,18,19);1-4H,(H,9,10). The highest BCUT2D eigenvalue weighted by Gasteiger charge is 2.31. The second-order valence-electron chi connectivity index (χ2n) is 7.73. The third-order valence-corrected chi connectivity index (χ3v) is 5.01. The molecule has 0 bridgehead atoms. The molecule has 0 spiro atoms. The summed E-state index contributed by atoms with van der Waals surface area (Å²) in [5.41, 5.74) is 0.330. The van der Waals surface area contributed by atoms with E-state index >= 15 is 0 Å². The zero-order valence-corrected chi connectivity index (χ0v) is 21.7. The van der Waals surface area contributed by atoms with Crippen LogP contribution < -0.4 is 5.32 Å². The minimum Gasteiger partial charge on any atom is -0.478 e.